The fraction of sp³-hybridized carbons (Fsp3) is 0.500. The van der Waals surface area contributed by atoms with Crippen molar-refractivity contribution in [1.82, 2.24) is 5.32 Å². The molecule has 0 aliphatic carbocycles. The van der Waals surface area contributed by atoms with Gasteiger partial charge in [0.1, 0.15) is 5.75 Å². The molecule has 0 atom stereocenters. The Hall–Kier alpha value is -2.04. The number of aryl methyl sites for hydroxylation is 1. The number of hydrogen-bond acceptors (Lipinski definition) is 3. The van der Waals surface area contributed by atoms with Gasteiger partial charge < -0.3 is 15.2 Å². The van der Waals surface area contributed by atoms with Crippen molar-refractivity contribution in [2.75, 3.05) is 13.7 Å². The predicted molar refractivity (Wildman–Crippen MR) is 80.4 cm³/mol. The molecule has 0 saturated heterocycles. The Balaban J connectivity index is 2.07. The van der Waals surface area contributed by atoms with E-state index < -0.39 is 5.97 Å². The first kappa shape index (κ1) is 17.0. The number of amides is 1. The van der Waals surface area contributed by atoms with Gasteiger partial charge >= 0.3 is 5.97 Å². The van der Waals surface area contributed by atoms with E-state index in [1.165, 1.54) is 5.56 Å². The summed E-state index contributed by atoms with van der Waals surface area (Å²) in [5.41, 5.74) is 1.21. The maximum absolute atomic E-state index is 11.5. The van der Waals surface area contributed by atoms with Gasteiger partial charge in [-0.05, 0) is 43.4 Å². The highest BCUT2D eigenvalue weighted by Crippen LogP contribution is 2.12. The quantitative estimate of drug-likeness (QED) is 0.649. The van der Waals surface area contributed by atoms with Gasteiger partial charge in [0.25, 0.3) is 0 Å². The lowest BCUT2D eigenvalue weighted by atomic mass is 10.1. The van der Waals surface area contributed by atoms with Gasteiger partial charge in [0.15, 0.2) is 0 Å². The van der Waals surface area contributed by atoms with Gasteiger partial charge in [0.05, 0.1) is 7.11 Å². The molecule has 5 heteroatoms. The topological polar surface area (TPSA) is 75.6 Å². The second-order valence-electron chi connectivity index (χ2n) is 4.90. The molecule has 21 heavy (non-hydrogen) atoms. The van der Waals surface area contributed by atoms with E-state index in [0.29, 0.717) is 25.8 Å². The van der Waals surface area contributed by atoms with Crippen LogP contribution in [0.5, 0.6) is 5.75 Å². The summed E-state index contributed by atoms with van der Waals surface area (Å²) >= 11 is 0. The highest BCUT2D eigenvalue weighted by Gasteiger charge is 2.02. The van der Waals surface area contributed by atoms with Crippen molar-refractivity contribution in [3.05, 3.63) is 29.8 Å². The largest absolute Gasteiger partial charge is 0.497 e. The summed E-state index contributed by atoms with van der Waals surface area (Å²) in [5.74, 6) is 0.0263. The van der Waals surface area contributed by atoms with E-state index in [1.54, 1.807) is 7.11 Å². The zero-order valence-corrected chi connectivity index (χ0v) is 12.4. The Kier molecular flexibility index (Phi) is 7.94. The molecule has 0 radical (unpaired) electrons. The standard InChI is InChI=1S/C16H23NO4/c1-21-14-10-8-13(9-11-14)5-4-12-17-15(18)6-2-3-7-16(19)20/h8-11H,2-7,12H2,1H3,(H,17,18)(H,19,20). The fourth-order valence-electron chi connectivity index (χ4n) is 1.96. The van der Waals surface area contributed by atoms with E-state index in [4.69, 9.17) is 9.84 Å². The smallest absolute Gasteiger partial charge is 0.303 e. The summed E-state index contributed by atoms with van der Waals surface area (Å²) in [7, 11) is 1.64. The first-order valence-electron chi connectivity index (χ1n) is 7.23. The molecule has 0 fully saturated rings. The molecule has 5 nitrogen and oxygen atoms in total. The number of hydrogen-bond donors (Lipinski definition) is 2. The summed E-state index contributed by atoms with van der Waals surface area (Å²) < 4.78 is 5.09. The molecule has 0 saturated carbocycles. The van der Waals surface area contributed by atoms with E-state index in [0.717, 1.165) is 18.6 Å². The Morgan fingerprint density at radius 3 is 2.38 bits per heavy atom. The third kappa shape index (κ3) is 7.97. The molecule has 116 valence electrons. The number of ether oxygens (including phenoxy) is 1. The molecule has 0 bridgehead atoms. The van der Waals surface area contributed by atoms with Crippen LogP contribution in [0.25, 0.3) is 0 Å². The molecule has 1 amide bonds. The first-order valence-corrected chi connectivity index (χ1v) is 7.23. The SMILES string of the molecule is COc1ccc(CCCNC(=O)CCCCC(=O)O)cc1. The van der Waals surface area contributed by atoms with E-state index in [-0.39, 0.29) is 12.3 Å². The molecule has 0 heterocycles. The summed E-state index contributed by atoms with van der Waals surface area (Å²) in [6.07, 6.45) is 3.49. The summed E-state index contributed by atoms with van der Waals surface area (Å²) in [6, 6.07) is 7.89. The maximum Gasteiger partial charge on any atom is 0.303 e. The number of benzene rings is 1. The van der Waals surface area contributed by atoms with Gasteiger partial charge in [-0.2, -0.15) is 0 Å². The van der Waals surface area contributed by atoms with Gasteiger partial charge in [0.2, 0.25) is 5.91 Å². The minimum atomic E-state index is -0.810. The monoisotopic (exact) mass is 293 g/mol. The second kappa shape index (κ2) is 9.80. The molecule has 2 N–H and O–H groups in total. The van der Waals surface area contributed by atoms with Crippen molar-refractivity contribution < 1.29 is 19.4 Å². The average Bonchev–Trinajstić information content (AvgIpc) is 2.48. The van der Waals surface area contributed by atoms with Crippen LogP contribution in [0.15, 0.2) is 24.3 Å². The van der Waals surface area contributed by atoms with Crippen LogP contribution >= 0.6 is 0 Å². The summed E-state index contributed by atoms with van der Waals surface area (Å²) in [4.78, 5) is 21.8. The molecule has 0 aliphatic heterocycles. The highest BCUT2D eigenvalue weighted by molar-refractivity contribution is 5.75. The number of methoxy groups -OCH3 is 1. The third-order valence-electron chi connectivity index (χ3n) is 3.17. The third-order valence-corrected chi connectivity index (χ3v) is 3.17. The minimum absolute atomic E-state index is 0.00452. The number of carbonyl (C=O) groups excluding carboxylic acids is 1. The van der Waals surface area contributed by atoms with E-state index in [1.807, 2.05) is 24.3 Å². The summed E-state index contributed by atoms with van der Waals surface area (Å²) in [5, 5.41) is 11.3. The van der Waals surface area contributed by atoms with Gasteiger partial charge in [-0.3, -0.25) is 9.59 Å². The molecule has 0 aromatic heterocycles. The fourth-order valence-corrected chi connectivity index (χ4v) is 1.96. The Labute approximate surface area is 125 Å². The number of carbonyl (C=O) groups is 2. The van der Waals surface area contributed by atoms with Crippen LogP contribution in [0.4, 0.5) is 0 Å². The lowest BCUT2D eigenvalue weighted by Gasteiger charge is -2.06. The van der Waals surface area contributed by atoms with Crippen LogP contribution in [0, 0.1) is 0 Å². The van der Waals surface area contributed by atoms with Crippen LogP contribution in [0.2, 0.25) is 0 Å². The van der Waals surface area contributed by atoms with Gasteiger partial charge in [-0.15, -0.1) is 0 Å². The number of carboxylic acid groups (broad SMARTS) is 1. The van der Waals surface area contributed by atoms with Crippen LogP contribution in [-0.2, 0) is 16.0 Å². The minimum Gasteiger partial charge on any atom is -0.497 e. The lowest BCUT2D eigenvalue weighted by molar-refractivity contribution is -0.137. The van der Waals surface area contributed by atoms with E-state index in [9.17, 15) is 9.59 Å². The molecular weight excluding hydrogens is 270 g/mol. The molecule has 0 aliphatic rings. The molecule has 1 aromatic rings. The zero-order valence-electron chi connectivity index (χ0n) is 12.4. The average molecular weight is 293 g/mol. The van der Waals surface area contributed by atoms with Crippen molar-refractivity contribution in [1.29, 1.82) is 0 Å². The Morgan fingerprint density at radius 2 is 1.76 bits per heavy atom. The first-order chi connectivity index (χ1) is 10.1. The van der Waals surface area contributed by atoms with Crippen LogP contribution in [0.1, 0.15) is 37.7 Å². The number of unbranched alkanes of at least 4 members (excludes halogenated alkanes) is 1. The van der Waals surface area contributed by atoms with Crippen LogP contribution < -0.4 is 10.1 Å². The number of carboxylic acids is 1. The van der Waals surface area contributed by atoms with Gasteiger partial charge in [0, 0.05) is 19.4 Å². The zero-order chi connectivity index (χ0) is 15.5. The number of aliphatic carboxylic acids is 1. The Morgan fingerprint density at radius 1 is 1.10 bits per heavy atom. The summed E-state index contributed by atoms with van der Waals surface area (Å²) in [6.45, 7) is 0.643. The number of rotatable bonds is 10. The van der Waals surface area contributed by atoms with Crippen LogP contribution in [-0.4, -0.2) is 30.6 Å². The molecule has 1 rings (SSSR count). The predicted octanol–water partition coefficient (Wildman–Crippen LogP) is 2.39. The van der Waals surface area contributed by atoms with Crippen molar-refractivity contribution in [3.63, 3.8) is 0 Å². The Bertz CT molecular complexity index is 442. The molecule has 0 spiro atoms. The van der Waals surface area contributed by atoms with E-state index in [2.05, 4.69) is 5.32 Å². The van der Waals surface area contributed by atoms with Crippen molar-refractivity contribution in [2.24, 2.45) is 0 Å². The molecular formula is C16H23NO4. The van der Waals surface area contributed by atoms with E-state index >= 15 is 0 Å². The van der Waals surface area contributed by atoms with Crippen molar-refractivity contribution in [3.8, 4) is 5.75 Å². The number of nitrogens with one attached hydrogen (secondary N) is 1. The van der Waals surface area contributed by atoms with Gasteiger partial charge in [-0.25, -0.2) is 0 Å². The normalized spacial score (nSPS) is 10.1. The van der Waals surface area contributed by atoms with Crippen LogP contribution in [0.3, 0.4) is 0 Å². The van der Waals surface area contributed by atoms with Crippen molar-refractivity contribution in [2.45, 2.75) is 38.5 Å². The maximum atomic E-state index is 11.5. The molecule has 0 unspecified atom stereocenters. The van der Waals surface area contributed by atoms with Gasteiger partial charge in [-0.1, -0.05) is 12.1 Å². The molecule has 1 aromatic carbocycles. The lowest BCUT2D eigenvalue weighted by Crippen LogP contribution is -2.24. The second-order valence-corrected chi connectivity index (χ2v) is 4.90. The van der Waals surface area contributed by atoms with Crippen molar-refractivity contribution >= 4 is 11.9 Å². The highest BCUT2D eigenvalue weighted by atomic mass is 16.5.